The first-order valence-corrected chi connectivity index (χ1v) is 6.01. The Bertz CT molecular complexity index is 738. The molecule has 0 unspecified atom stereocenters. The second-order valence-corrected chi connectivity index (χ2v) is 4.59. The van der Waals surface area contributed by atoms with Crippen molar-refractivity contribution in [3.05, 3.63) is 40.6 Å². The standard InChI is InChI=1S/C12H8BrFN4/c13-10-6(2-1-3-7(10)14)11-16-8-4-5-9(15)17-12(8)18-11/h1-5H,(H3,15,16,17,18). The van der Waals surface area contributed by atoms with Gasteiger partial charge in [0.05, 0.1) is 9.99 Å². The summed E-state index contributed by atoms with van der Waals surface area (Å²) in [5, 5.41) is 0. The fourth-order valence-electron chi connectivity index (χ4n) is 1.72. The first-order valence-electron chi connectivity index (χ1n) is 5.22. The number of pyridine rings is 1. The Labute approximate surface area is 110 Å². The van der Waals surface area contributed by atoms with E-state index in [0.717, 1.165) is 5.52 Å². The second-order valence-electron chi connectivity index (χ2n) is 3.79. The van der Waals surface area contributed by atoms with Gasteiger partial charge in [-0.05, 0) is 40.2 Å². The molecule has 0 aliphatic rings. The summed E-state index contributed by atoms with van der Waals surface area (Å²) in [5.74, 6) is 0.619. The van der Waals surface area contributed by atoms with Crippen LogP contribution in [0.4, 0.5) is 10.2 Å². The minimum Gasteiger partial charge on any atom is -0.384 e. The molecule has 4 nitrogen and oxygen atoms in total. The molecular weight excluding hydrogens is 299 g/mol. The van der Waals surface area contributed by atoms with E-state index in [1.54, 1.807) is 24.3 Å². The van der Waals surface area contributed by atoms with Crippen molar-refractivity contribution in [3.63, 3.8) is 0 Å². The predicted molar refractivity (Wildman–Crippen MR) is 71.4 cm³/mol. The number of hydrogen-bond donors (Lipinski definition) is 2. The zero-order valence-corrected chi connectivity index (χ0v) is 10.7. The average Bonchev–Trinajstić information content (AvgIpc) is 2.75. The number of imidazole rings is 1. The van der Waals surface area contributed by atoms with E-state index in [4.69, 9.17) is 5.73 Å². The van der Waals surface area contributed by atoms with Crippen molar-refractivity contribution in [1.82, 2.24) is 15.0 Å². The Morgan fingerprint density at radius 3 is 2.83 bits per heavy atom. The van der Waals surface area contributed by atoms with Crippen LogP contribution in [-0.4, -0.2) is 15.0 Å². The van der Waals surface area contributed by atoms with Gasteiger partial charge in [0.15, 0.2) is 5.65 Å². The van der Waals surface area contributed by atoms with Crippen LogP contribution < -0.4 is 5.73 Å². The summed E-state index contributed by atoms with van der Waals surface area (Å²) in [6.45, 7) is 0. The van der Waals surface area contributed by atoms with Crippen LogP contribution in [0.5, 0.6) is 0 Å². The maximum Gasteiger partial charge on any atom is 0.180 e. The number of nitrogens with one attached hydrogen (secondary N) is 1. The van der Waals surface area contributed by atoms with Crippen molar-refractivity contribution >= 4 is 32.9 Å². The quantitative estimate of drug-likeness (QED) is 0.726. The van der Waals surface area contributed by atoms with Crippen LogP contribution in [0.15, 0.2) is 34.8 Å². The molecule has 0 bridgehead atoms. The molecule has 3 N–H and O–H groups in total. The van der Waals surface area contributed by atoms with Gasteiger partial charge in [0.2, 0.25) is 0 Å². The minimum absolute atomic E-state index is 0.333. The van der Waals surface area contributed by atoms with Crippen LogP contribution in [0.25, 0.3) is 22.6 Å². The molecule has 2 heterocycles. The van der Waals surface area contributed by atoms with Crippen molar-refractivity contribution in [2.45, 2.75) is 0 Å². The zero-order chi connectivity index (χ0) is 12.7. The van der Waals surface area contributed by atoms with Gasteiger partial charge < -0.3 is 10.7 Å². The van der Waals surface area contributed by atoms with E-state index < -0.39 is 0 Å². The smallest absolute Gasteiger partial charge is 0.180 e. The zero-order valence-electron chi connectivity index (χ0n) is 9.11. The summed E-state index contributed by atoms with van der Waals surface area (Å²) in [5.41, 5.74) is 7.51. The van der Waals surface area contributed by atoms with Gasteiger partial charge in [0.25, 0.3) is 0 Å². The lowest BCUT2D eigenvalue weighted by Crippen LogP contribution is -1.88. The van der Waals surface area contributed by atoms with E-state index in [1.807, 2.05) is 0 Å². The Morgan fingerprint density at radius 2 is 2.00 bits per heavy atom. The lowest BCUT2D eigenvalue weighted by Gasteiger charge is -2.00. The molecule has 0 aliphatic carbocycles. The number of nitrogens with two attached hydrogens (primary N) is 1. The summed E-state index contributed by atoms with van der Waals surface area (Å²) in [6.07, 6.45) is 0. The third-order valence-corrected chi connectivity index (χ3v) is 3.38. The molecule has 90 valence electrons. The number of nitrogen functional groups attached to an aromatic ring is 1. The van der Waals surface area contributed by atoms with Gasteiger partial charge in [0, 0.05) is 5.56 Å². The van der Waals surface area contributed by atoms with Crippen LogP contribution in [0, 0.1) is 5.82 Å². The highest BCUT2D eigenvalue weighted by atomic mass is 79.9. The summed E-state index contributed by atoms with van der Waals surface area (Å²) in [7, 11) is 0. The number of aromatic amines is 1. The first kappa shape index (κ1) is 11.2. The first-order chi connectivity index (χ1) is 8.65. The number of fused-ring (bicyclic) bond motifs is 1. The number of halogens is 2. The molecule has 0 saturated carbocycles. The van der Waals surface area contributed by atoms with Gasteiger partial charge in [-0.1, -0.05) is 6.07 Å². The number of rotatable bonds is 1. The van der Waals surface area contributed by atoms with Crippen LogP contribution in [0.2, 0.25) is 0 Å². The highest BCUT2D eigenvalue weighted by Gasteiger charge is 2.12. The molecule has 0 atom stereocenters. The molecule has 18 heavy (non-hydrogen) atoms. The Balaban J connectivity index is 2.22. The summed E-state index contributed by atoms with van der Waals surface area (Å²) >= 11 is 3.21. The molecule has 0 radical (unpaired) electrons. The molecule has 0 fully saturated rings. The lowest BCUT2D eigenvalue weighted by molar-refractivity contribution is 0.621. The number of benzene rings is 1. The molecule has 2 aromatic heterocycles. The monoisotopic (exact) mass is 306 g/mol. The van der Waals surface area contributed by atoms with Gasteiger partial charge in [-0.2, -0.15) is 0 Å². The van der Waals surface area contributed by atoms with E-state index in [1.165, 1.54) is 6.07 Å². The number of H-pyrrole nitrogens is 1. The molecule has 0 amide bonds. The van der Waals surface area contributed by atoms with E-state index in [2.05, 4.69) is 30.9 Å². The maximum absolute atomic E-state index is 13.5. The van der Waals surface area contributed by atoms with Crippen LogP contribution >= 0.6 is 15.9 Å². The third-order valence-electron chi connectivity index (χ3n) is 2.57. The van der Waals surface area contributed by atoms with E-state index in [0.29, 0.717) is 27.3 Å². The topological polar surface area (TPSA) is 67.6 Å². The molecule has 6 heteroatoms. The van der Waals surface area contributed by atoms with Gasteiger partial charge in [-0.3, -0.25) is 0 Å². The number of hydrogen-bond acceptors (Lipinski definition) is 3. The predicted octanol–water partition coefficient (Wildman–Crippen LogP) is 3.11. The normalized spacial score (nSPS) is 11.0. The summed E-state index contributed by atoms with van der Waals surface area (Å²) < 4.78 is 13.8. The second kappa shape index (κ2) is 4.06. The Morgan fingerprint density at radius 1 is 1.17 bits per heavy atom. The molecular formula is C12H8BrFN4. The minimum atomic E-state index is -0.333. The highest BCUT2D eigenvalue weighted by molar-refractivity contribution is 9.10. The summed E-state index contributed by atoms with van der Waals surface area (Å²) in [6, 6.07) is 8.26. The average molecular weight is 307 g/mol. The molecule has 0 aliphatic heterocycles. The van der Waals surface area contributed by atoms with Crippen molar-refractivity contribution < 1.29 is 4.39 Å². The van der Waals surface area contributed by atoms with Gasteiger partial charge in [0.1, 0.15) is 17.5 Å². The lowest BCUT2D eigenvalue weighted by atomic mass is 10.2. The Hall–Kier alpha value is -1.95. The molecule has 0 saturated heterocycles. The molecule has 0 spiro atoms. The highest BCUT2D eigenvalue weighted by Crippen LogP contribution is 2.29. The fraction of sp³-hybridized carbons (Fsp3) is 0. The van der Waals surface area contributed by atoms with Gasteiger partial charge >= 0.3 is 0 Å². The van der Waals surface area contributed by atoms with Crippen LogP contribution in [0.1, 0.15) is 0 Å². The molecule has 3 aromatic rings. The number of aromatic nitrogens is 3. The Kier molecular flexibility index (Phi) is 2.52. The van der Waals surface area contributed by atoms with Crippen molar-refractivity contribution in [1.29, 1.82) is 0 Å². The fourth-order valence-corrected chi connectivity index (χ4v) is 2.17. The molecule has 1 aromatic carbocycles. The van der Waals surface area contributed by atoms with E-state index in [9.17, 15) is 4.39 Å². The van der Waals surface area contributed by atoms with Gasteiger partial charge in [-0.15, -0.1) is 0 Å². The van der Waals surface area contributed by atoms with Crippen molar-refractivity contribution in [3.8, 4) is 11.4 Å². The van der Waals surface area contributed by atoms with Crippen molar-refractivity contribution in [2.75, 3.05) is 5.73 Å². The molecule has 3 rings (SSSR count). The van der Waals surface area contributed by atoms with Crippen molar-refractivity contribution in [2.24, 2.45) is 0 Å². The van der Waals surface area contributed by atoms with Crippen LogP contribution in [0.3, 0.4) is 0 Å². The SMILES string of the molecule is Nc1ccc2[nH]c(-c3cccc(F)c3Br)nc2n1. The maximum atomic E-state index is 13.5. The van der Waals surface area contributed by atoms with E-state index in [-0.39, 0.29) is 5.82 Å². The largest absolute Gasteiger partial charge is 0.384 e. The van der Waals surface area contributed by atoms with E-state index >= 15 is 0 Å². The number of nitrogens with zero attached hydrogens (tertiary/aromatic N) is 2. The van der Waals surface area contributed by atoms with Crippen LogP contribution in [-0.2, 0) is 0 Å². The third kappa shape index (κ3) is 1.74. The summed E-state index contributed by atoms with van der Waals surface area (Å²) in [4.78, 5) is 11.5. The number of anilines is 1. The van der Waals surface area contributed by atoms with Gasteiger partial charge in [-0.25, -0.2) is 14.4 Å².